The molecule has 0 spiro atoms. The van der Waals surface area contributed by atoms with Crippen LogP contribution in [0.15, 0.2) is 36.4 Å². The number of halogens is 1. The number of hydrogen-bond acceptors (Lipinski definition) is 3. The van der Waals surface area contributed by atoms with Crippen molar-refractivity contribution >= 4 is 0 Å². The third-order valence-corrected chi connectivity index (χ3v) is 4.44. The smallest absolute Gasteiger partial charge is 0.161 e. The first kappa shape index (κ1) is 15.8. The number of aryl methyl sites for hydroxylation is 1. The van der Waals surface area contributed by atoms with E-state index in [1.807, 2.05) is 12.1 Å². The molecule has 1 atom stereocenters. The summed E-state index contributed by atoms with van der Waals surface area (Å²) in [5.74, 6) is 1.36. The molecule has 1 unspecified atom stereocenters. The van der Waals surface area contributed by atoms with E-state index in [1.165, 1.54) is 23.3 Å². The van der Waals surface area contributed by atoms with Gasteiger partial charge >= 0.3 is 0 Å². The van der Waals surface area contributed by atoms with Crippen molar-refractivity contribution in [3.63, 3.8) is 0 Å². The number of nitrogens with one attached hydrogen (secondary N) is 1. The fourth-order valence-electron chi connectivity index (χ4n) is 3.19. The largest absolute Gasteiger partial charge is 0.493 e. The van der Waals surface area contributed by atoms with E-state index in [4.69, 9.17) is 9.47 Å². The Balaban J connectivity index is 1.79. The molecule has 1 aliphatic heterocycles. The Morgan fingerprint density at radius 2 is 1.78 bits per heavy atom. The van der Waals surface area contributed by atoms with Crippen molar-refractivity contribution in [3.8, 4) is 11.5 Å². The summed E-state index contributed by atoms with van der Waals surface area (Å²) in [6.07, 6.45) is 2.86. The number of hydrogen-bond donors (Lipinski definition) is 1. The molecule has 0 fully saturated rings. The Labute approximate surface area is 136 Å². The van der Waals surface area contributed by atoms with Gasteiger partial charge in [-0.1, -0.05) is 12.1 Å². The van der Waals surface area contributed by atoms with Crippen LogP contribution in [0, 0.1) is 5.82 Å². The molecular weight excluding hydrogens is 293 g/mol. The Morgan fingerprint density at radius 1 is 1.09 bits per heavy atom. The molecule has 0 radical (unpaired) electrons. The zero-order chi connectivity index (χ0) is 16.2. The molecule has 0 aromatic heterocycles. The second-order valence-electron chi connectivity index (χ2n) is 5.83. The van der Waals surface area contributed by atoms with Gasteiger partial charge in [-0.2, -0.15) is 0 Å². The Bertz CT molecular complexity index is 670. The molecule has 1 aliphatic rings. The second-order valence-corrected chi connectivity index (χ2v) is 5.83. The van der Waals surface area contributed by atoms with Gasteiger partial charge in [0.2, 0.25) is 0 Å². The first-order valence-corrected chi connectivity index (χ1v) is 7.94. The summed E-state index contributed by atoms with van der Waals surface area (Å²) in [5, 5.41) is 3.58. The summed E-state index contributed by atoms with van der Waals surface area (Å²) < 4.78 is 23.8. The van der Waals surface area contributed by atoms with Crippen molar-refractivity contribution < 1.29 is 13.9 Å². The van der Waals surface area contributed by atoms with Gasteiger partial charge in [0, 0.05) is 6.04 Å². The van der Waals surface area contributed by atoms with Crippen LogP contribution in [0.5, 0.6) is 11.5 Å². The van der Waals surface area contributed by atoms with Gasteiger partial charge in [0.05, 0.1) is 14.2 Å². The molecule has 1 heterocycles. The standard InChI is InChI=1S/C19H22FNO2/c1-22-18-11-14-9-10-21-17(16(14)12-19(18)23-2)8-5-13-3-6-15(20)7-4-13/h3-4,6-7,11-12,17,21H,5,8-10H2,1-2H3. The van der Waals surface area contributed by atoms with Crippen LogP contribution < -0.4 is 14.8 Å². The summed E-state index contributed by atoms with van der Waals surface area (Å²) in [4.78, 5) is 0. The molecular formula is C19H22FNO2. The highest BCUT2D eigenvalue weighted by Gasteiger charge is 2.22. The van der Waals surface area contributed by atoms with Gasteiger partial charge in [-0.15, -0.1) is 0 Å². The van der Waals surface area contributed by atoms with Crippen LogP contribution in [0.3, 0.4) is 0 Å². The highest BCUT2D eigenvalue weighted by molar-refractivity contribution is 5.49. The van der Waals surface area contributed by atoms with Crippen LogP contribution in [0.2, 0.25) is 0 Å². The number of benzene rings is 2. The maximum absolute atomic E-state index is 13.0. The van der Waals surface area contributed by atoms with Crippen molar-refractivity contribution in [2.75, 3.05) is 20.8 Å². The van der Waals surface area contributed by atoms with E-state index in [9.17, 15) is 4.39 Å². The third kappa shape index (κ3) is 3.48. The topological polar surface area (TPSA) is 30.5 Å². The lowest BCUT2D eigenvalue weighted by Crippen LogP contribution is -2.30. The van der Waals surface area contributed by atoms with Crippen LogP contribution in [-0.4, -0.2) is 20.8 Å². The fourth-order valence-corrected chi connectivity index (χ4v) is 3.19. The normalized spacial score (nSPS) is 16.7. The zero-order valence-corrected chi connectivity index (χ0v) is 13.6. The van der Waals surface area contributed by atoms with Crippen LogP contribution in [0.1, 0.15) is 29.2 Å². The molecule has 2 aromatic rings. The highest BCUT2D eigenvalue weighted by Crippen LogP contribution is 2.36. The van der Waals surface area contributed by atoms with Crippen LogP contribution >= 0.6 is 0 Å². The Kier molecular flexibility index (Phi) is 4.82. The molecule has 0 saturated heterocycles. The van der Waals surface area contributed by atoms with E-state index in [2.05, 4.69) is 17.4 Å². The lowest BCUT2D eigenvalue weighted by atomic mass is 9.90. The lowest BCUT2D eigenvalue weighted by molar-refractivity contribution is 0.351. The van der Waals surface area contributed by atoms with Crippen molar-refractivity contribution in [1.29, 1.82) is 0 Å². The summed E-state index contributed by atoms with van der Waals surface area (Å²) in [7, 11) is 3.32. The fraction of sp³-hybridized carbons (Fsp3) is 0.368. The number of fused-ring (bicyclic) bond motifs is 1. The van der Waals surface area contributed by atoms with Crippen LogP contribution in [0.4, 0.5) is 4.39 Å². The van der Waals surface area contributed by atoms with Crippen molar-refractivity contribution in [1.82, 2.24) is 5.32 Å². The molecule has 122 valence electrons. The van der Waals surface area contributed by atoms with Crippen LogP contribution in [0.25, 0.3) is 0 Å². The lowest BCUT2D eigenvalue weighted by Gasteiger charge is -2.28. The molecule has 23 heavy (non-hydrogen) atoms. The zero-order valence-electron chi connectivity index (χ0n) is 13.6. The van der Waals surface area contributed by atoms with E-state index >= 15 is 0 Å². The Morgan fingerprint density at radius 3 is 2.48 bits per heavy atom. The van der Waals surface area contributed by atoms with Gasteiger partial charge in [0.1, 0.15) is 5.82 Å². The minimum Gasteiger partial charge on any atom is -0.493 e. The van der Waals surface area contributed by atoms with Crippen molar-refractivity contribution in [2.24, 2.45) is 0 Å². The first-order valence-electron chi connectivity index (χ1n) is 7.94. The van der Waals surface area contributed by atoms with E-state index in [0.717, 1.165) is 42.9 Å². The quantitative estimate of drug-likeness (QED) is 0.913. The number of methoxy groups -OCH3 is 2. The molecule has 0 saturated carbocycles. The minimum absolute atomic E-state index is 0.188. The SMILES string of the molecule is COc1cc2c(cc1OC)C(CCc1ccc(F)cc1)NCC2. The first-order chi connectivity index (χ1) is 11.2. The maximum Gasteiger partial charge on any atom is 0.161 e. The molecule has 3 nitrogen and oxygen atoms in total. The van der Waals surface area contributed by atoms with Gasteiger partial charge in [0.25, 0.3) is 0 Å². The number of rotatable bonds is 5. The molecule has 0 aliphatic carbocycles. The van der Waals surface area contributed by atoms with E-state index in [-0.39, 0.29) is 11.9 Å². The molecule has 4 heteroatoms. The van der Waals surface area contributed by atoms with E-state index < -0.39 is 0 Å². The average Bonchev–Trinajstić information content (AvgIpc) is 2.60. The summed E-state index contributed by atoms with van der Waals surface area (Å²) in [5.41, 5.74) is 3.74. The van der Waals surface area contributed by atoms with Gasteiger partial charge in [0.15, 0.2) is 11.5 Å². The third-order valence-electron chi connectivity index (χ3n) is 4.44. The van der Waals surface area contributed by atoms with Gasteiger partial charge in [-0.3, -0.25) is 0 Å². The maximum atomic E-state index is 13.0. The average molecular weight is 315 g/mol. The van der Waals surface area contributed by atoms with E-state index in [0.29, 0.717) is 0 Å². The molecule has 2 aromatic carbocycles. The minimum atomic E-state index is -0.188. The highest BCUT2D eigenvalue weighted by atomic mass is 19.1. The predicted octanol–water partition coefficient (Wildman–Crippen LogP) is 3.66. The summed E-state index contributed by atoms with van der Waals surface area (Å²) in [6, 6.07) is 11.2. The summed E-state index contributed by atoms with van der Waals surface area (Å²) in [6.45, 7) is 0.955. The van der Waals surface area contributed by atoms with Gasteiger partial charge < -0.3 is 14.8 Å². The molecule has 0 bridgehead atoms. The second kappa shape index (κ2) is 7.01. The molecule has 1 N–H and O–H groups in total. The van der Waals surface area contributed by atoms with Gasteiger partial charge in [-0.05, 0) is 66.8 Å². The van der Waals surface area contributed by atoms with Crippen LogP contribution in [-0.2, 0) is 12.8 Å². The predicted molar refractivity (Wildman–Crippen MR) is 88.7 cm³/mol. The van der Waals surface area contributed by atoms with E-state index in [1.54, 1.807) is 14.2 Å². The molecule has 3 rings (SSSR count). The van der Waals surface area contributed by atoms with Gasteiger partial charge in [-0.25, -0.2) is 4.39 Å². The number of ether oxygens (including phenoxy) is 2. The van der Waals surface area contributed by atoms with Crippen molar-refractivity contribution in [2.45, 2.75) is 25.3 Å². The molecule has 0 amide bonds. The van der Waals surface area contributed by atoms with Crippen molar-refractivity contribution in [3.05, 3.63) is 58.9 Å². The monoisotopic (exact) mass is 315 g/mol. The Hall–Kier alpha value is -2.07. The summed E-state index contributed by atoms with van der Waals surface area (Å²) >= 11 is 0.